The molecule has 0 spiro atoms. The van der Waals surface area contributed by atoms with Crippen LogP contribution in [-0.4, -0.2) is 4.98 Å². The van der Waals surface area contributed by atoms with E-state index in [9.17, 15) is 0 Å². The summed E-state index contributed by atoms with van der Waals surface area (Å²) < 4.78 is 2.11. The summed E-state index contributed by atoms with van der Waals surface area (Å²) in [6, 6.07) is 20.5. The summed E-state index contributed by atoms with van der Waals surface area (Å²) in [5.41, 5.74) is 5.38. The van der Waals surface area contributed by atoms with E-state index in [1.807, 2.05) is 24.3 Å². The number of aryl methyl sites for hydroxylation is 2. The van der Waals surface area contributed by atoms with Gasteiger partial charge in [0.15, 0.2) is 11.9 Å². The first-order valence-corrected chi connectivity index (χ1v) is 6.56. The minimum absolute atomic E-state index is 0. The van der Waals surface area contributed by atoms with Crippen LogP contribution >= 0.6 is 0 Å². The van der Waals surface area contributed by atoms with Gasteiger partial charge in [0.05, 0.1) is 0 Å². The molecule has 0 aliphatic heterocycles. The molecule has 1 aromatic carbocycles. The molecule has 2 aromatic heterocycles. The first kappa shape index (κ1) is 16.0. The average molecular weight is 348 g/mol. The molecule has 3 aromatic rings. The molecule has 0 amide bonds. The Morgan fingerprint density at radius 1 is 1.14 bits per heavy atom. The Hall–Kier alpha value is -1.38. The predicted octanol–water partition coefficient (Wildman–Crippen LogP) is 3.15. The standard InChI is InChI=1S/C18H15N2.Y/c1-14-13-15(17-7-3-5-11-19-17)9-10-16(14)18-8-4-6-12-20(18)2;/h3-6,8,10-13H,1-2H3;/q-1;. The van der Waals surface area contributed by atoms with E-state index in [2.05, 4.69) is 60.1 Å². The van der Waals surface area contributed by atoms with Crippen molar-refractivity contribution in [1.29, 1.82) is 0 Å². The van der Waals surface area contributed by atoms with Crippen LogP contribution in [0, 0.1) is 19.1 Å². The zero-order valence-corrected chi connectivity index (χ0v) is 15.0. The molecule has 2 nitrogen and oxygen atoms in total. The van der Waals surface area contributed by atoms with Gasteiger partial charge in [0.2, 0.25) is 0 Å². The van der Waals surface area contributed by atoms with Gasteiger partial charge in [0.25, 0.3) is 0 Å². The van der Waals surface area contributed by atoms with Crippen molar-refractivity contribution in [3.05, 3.63) is 72.6 Å². The molecule has 3 heteroatoms. The number of nitrogens with zero attached hydrogens (tertiary/aromatic N) is 2. The van der Waals surface area contributed by atoms with Crippen molar-refractivity contribution >= 4 is 0 Å². The minimum atomic E-state index is 0. The maximum atomic E-state index is 4.32. The van der Waals surface area contributed by atoms with E-state index in [1.165, 1.54) is 16.8 Å². The van der Waals surface area contributed by atoms with Crippen LogP contribution in [0.2, 0.25) is 0 Å². The zero-order chi connectivity index (χ0) is 13.9. The molecule has 0 N–H and O–H groups in total. The molecule has 0 fully saturated rings. The van der Waals surface area contributed by atoms with Crippen LogP contribution in [0.5, 0.6) is 0 Å². The van der Waals surface area contributed by atoms with E-state index in [0.29, 0.717) is 0 Å². The van der Waals surface area contributed by atoms with E-state index in [4.69, 9.17) is 0 Å². The van der Waals surface area contributed by atoms with Crippen LogP contribution in [0.15, 0.2) is 54.9 Å². The molecule has 101 valence electrons. The molecule has 0 aliphatic rings. The molecule has 0 unspecified atom stereocenters. The fraction of sp³-hybridized carbons (Fsp3) is 0.111. The molecule has 21 heavy (non-hydrogen) atoms. The molecule has 1 radical (unpaired) electrons. The third-order valence-electron chi connectivity index (χ3n) is 3.35. The van der Waals surface area contributed by atoms with Gasteiger partial charge in [0.1, 0.15) is 7.05 Å². The number of pyridine rings is 2. The fourth-order valence-corrected chi connectivity index (χ4v) is 2.29. The molecule has 0 atom stereocenters. The quantitative estimate of drug-likeness (QED) is 0.514. The largest absolute Gasteiger partial charge is 0.344 e. The molecule has 3 rings (SSSR count). The summed E-state index contributed by atoms with van der Waals surface area (Å²) in [6.07, 6.45) is 3.83. The molecule has 2 heterocycles. The topological polar surface area (TPSA) is 16.8 Å². The van der Waals surface area contributed by atoms with Crippen molar-refractivity contribution in [1.82, 2.24) is 4.98 Å². The summed E-state index contributed by atoms with van der Waals surface area (Å²) >= 11 is 0. The van der Waals surface area contributed by atoms with Gasteiger partial charge in [-0.25, -0.2) is 22.3 Å². The van der Waals surface area contributed by atoms with Gasteiger partial charge in [-0.2, -0.15) is 12.1 Å². The SMILES string of the molecule is Cc1cc(-c2[c-]cccn2)[c-]cc1-c1cccc[n+]1C.[Y]. The van der Waals surface area contributed by atoms with Crippen molar-refractivity contribution in [2.75, 3.05) is 0 Å². The van der Waals surface area contributed by atoms with E-state index in [1.54, 1.807) is 6.20 Å². The third kappa shape index (κ3) is 3.45. The Kier molecular flexibility index (Phi) is 5.38. The van der Waals surface area contributed by atoms with Crippen molar-refractivity contribution in [2.45, 2.75) is 6.92 Å². The van der Waals surface area contributed by atoms with E-state index in [0.717, 1.165) is 11.3 Å². The molecular formula is C18H15N2Y-. The second-order valence-electron chi connectivity index (χ2n) is 4.77. The van der Waals surface area contributed by atoms with Crippen molar-refractivity contribution in [3.63, 3.8) is 0 Å². The Balaban J connectivity index is 0.00000161. The van der Waals surface area contributed by atoms with Crippen LogP contribution in [0.4, 0.5) is 0 Å². The molecular weight excluding hydrogens is 333 g/mol. The maximum absolute atomic E-state index is 4.32. The van der Waals surface area contributed by atoms with Gasteiger partial charge < -0.3 is 4.98 Å². The Morgan fingerprint density at radius 3 is 2.67 bits per heavy atom. The third-order valence-corrected chi connectivity index (χ3v) is 3.35. The first-order chi connectivity index (χ1) is 9.75. The summed E-state index contributed by atoms with van der Waals surface area (Å²) in [7, 11) is 2.05. The van der Waals surface area contributed by atoms with E-state index < -0.39 is 0 Å². The maximum Gasteiger partial charge on any atom is 0.171 e. The number of rotatable bonds is 2. The normalized spacial score (nSPS) is 10.0. The van der Waals surface area contributed by atoms with Crippen molar-refractivity contribution < 1.29 is 37.3 Å². The second-order valence-corrected chi connectivity index (χ2v) is 4.77. The average Bonchev–Trinajstić information content (AvgIpc) is 2.49. The van der Waals surface area contributed by atoms with Gasteiger partial charge in [-0.15, -0.1) is 23.4 Å². The van der Waals surface area contributed by atoms with Crippen LogP contribution < -0.4 is 4.57 Å². The van der Waals surface area contributed by atoms with E-state index >= 15 is 0 Å². The minimum Gasteiger partial charge on any atom is -0.344 e. The Labute approximate surface area is 150 Å². The van der Waals surface area contributed by atoms with Crippen LogP contribution in [-0.2, 0) is 39.8 Å². The van der Waals surface area contributed by atoms with Gasteiger partial charge in [-0.3, -0.25) is 0 Å². The number of hydrogen-bond acceptors (Lipinski definition) is 1. The summed E-state index contributed by atoms with van der Waals surface area (Å²) in [4.78, 5) is 4.32. The Morgan fingerprint density at radius 2 is 2.00 bits per heavy atom. The number of aromatic nitrogens is 2. The number of benzene rings is 1. The Bertz CT molecular complexity index is 739. The summed E-state index contributed by atoms with van der Waals surface area (Å²) in [5, 5.41) is 0. The fourth-order valence-electron chi connectivity index (χ4n) is 2.29. The van der Waals surface area contributed by atoms with Gasteiger partial charge in [-0.05, 0) is 11.8 Å². The molecule has 0 aliphatic carbocycles. The summed E-state index contributed by atoms with van der Waals surface area (Å²) in [6.45, 7) is 2.11. The molecule has 0 saturated carbocycles. The first-order valence-electron chi connectivity index (χ1n) is 6.56. The van der Waals surface area contributed by atoms with E-state index in [-0.39, 0.29) is 32.7 Å². The van der Waals surface area contributed by atoms with Crippen LogP contribution in [0.25, 0.3) is 22.5 Å². The van der Waals surface area contributed by atoms with Crippen LogP contribution in [0.3, 0.4) is 0 Å². The zero-order valence-electron chi connectivity index (χ0n) is 12.2. The smallest absolute Gasteiger partial charge is 0.171 e. The monoisotopic (exact) mass is 348 g/mol. The van der Waals surface area contributed by atoms with Gasteiger partial charge in [0, 0.05) is 44.8 Å². The van der Waals surface area contributed by atoms with Gasteiger partial charge >= 0.3 is 0 Å². The molecule has 0 saturated heterocycles. The number of hydrogen-bond donors (Lipinski definition) is 0. The predicted molar refractivity (Wildman–Crippen MR) is 78.7 cm³/mol. The van der Waals surface area contributed by atoms with Crippen molar-refractivity contribution in [3.8, 4) is 22.5 Å². The summed E-state index contributed by atoms with van der Waals surface area (Å²) in [5.74, 6) is 0. The van der Waals surface area contributed by atoms with Gasteiger partial charge in [-0.1, -0.05) is 13.0 Å². The van der Waals surface area contributed by atoms with Crippen molar-refractivity contribution in [2.24, 2.45) is 7.05 Å². The van der Waals surface area contributed by atoms with Crippen LogP contribution in [0.1, 0.15) is 5.56 Å². The molecule has 0 bridgehead atoms. The second kappa shape index (κ2) is 7.06.